The zero-order valence-corrected chi connectivity index (χ0v) is 13.8. The highest BCUT2D eigenvalue weighted by molar-refractivity contribution is 5.94. The van der Waals surface area contributed by atoms with E-state index in [1.807, 2.05) is 29.2 Å². The number of aliphatic hydroxyl groups is 1. The van der Waals surface area contributed by atoms with Crippen molar-refractivity contribution < 1.29 is 14.7 Å². The topological polar surface area (TPSA) is 95.7 Å². The molecule has 2 amide bonds. The molecule has 1 aromatic carbocycles. The van der Waals surface area contributed by atoms with Crippen LogP contribution in [0.3, 0.4) is 0 Å². The Morgan fingerprint density at radius 1 is 1.17 bits per heavy atom. The molecule has 0 radical (unpaired) electrons. The van der Waals surface area contributed by atoms with E-state index in [9.17, 15) is 14.7 Å². The van der Waals surface area contributed by atoms with Gasteiger partial charge in [-0.25, -0.2) is 0 Å². The lowest BCUT2D eigenvalue weighted by Gasteiger charge is -2.15. The standard InChI is InChI=1S/C18H25N3O3/c19-15-9-14(10-16(15)22)17(23)20-11-12-3-5-13(6-4-12)18(24)21-7-1-2-8-21/h3-6,14-16,22H,1-2,7-11,19H2,(H,20,23)/t14-,15-,16-/m0/s1. The van der Waals surface area contributed by atoms with Crippen molar-refractivity contribution in [2.45, 2.75) is 44.4 Å². The van der Waals surface area contributed by atoms with Gasteiger partial charge in [-0.05, 0) is 43.4 Å². The first-order chi connectivity index (χ1) is 11.5. The fraction of sp³-hybridized carbons (Fsp3) is 0.556. The van der Waals surface area contributed by atoms with Crippen LogP contribution >= 0.6 is 0 Å². The Hall–Kier alpha value is -1.92. The fourth-order valence-electron chi connectivity index (χ4n) is 3.46. The molecular formula is C18H25N3O3. The van der Waals surface area contributed by atoms with Gasteiger partial charge in [0.15, 0.2) is 0 Å². The maximum absolute atomic E-state index is 12.3. The monoisotopic (exact) mass is 331 g/mol. The Labute approximate surface area is 142 Å². The van der Waals surface area contributed by atoms with Crippen molar-refractivity contribution in [2.24, 2.45) is 11.7 Å². The summed E-state index contributed by atoms with van der Waals surface area (Å²) in [7, 11) is 0. The van der Waals surface area contributed by atoms with Crippen LogP contribution in [0.2, 0.25) is 0 Å². The van der Waals surface area contributed by atoms with Crippen LogP contribution in [0.1, 0.15) is 41.6 Å². The Bertz CT molecular complexity index is 586. The summed E-state index contributed by atoms with van der Waals surface area (Å²) in [6, 6.07) is 7.07. The van der Waals surface area contributed by atoms with E-state index >= 15 is 0 Å². The number of carbonyl (C=O) groups excluding carboxylic acids is 2. The Morgan fingerprint density at radius 2 is 1.83 bits per heavy atom. The van der Waals surface area contributed by atoms with Gasteiger partial charge in [0.05, 0.1) is 6.10 Å². The molecule has 0 aromatic heterocycles. The first kappa shape index (κ1) is 16.9. The zero-order valence-electron chi connectivity index (χ0n) is 13.8. The van der Waals surface area contributed by atoms with Gasteiger partial charge in [-0.3, -0.25) is 9.59 Å². The third-order valence-corrected chi connectivity index (χ3v) is 5.01. The van der Waals surface area contributed by atoms with Gasteiger partial charge in [0.25, 0.3) is 5.91 Å². The van der Waals surface area contributed by atoms with E-state index in [-0.39, 0.29) is 23.8 Å². The van der Waals surface area contributed by atoms with Crippen LogP contribution in [-0.2, 0) is 11.3 Å². The van der Waals surface area contributed by atoms with Crippen molar-refractivity contribution >= 4 is 11.8 Å². The molecule has 1 saturated heterocycles. The van der Waals surface area contributed by atoms with Crippen molar-refractivity contribution in [1.29, 1.82) is 0 Å². The second kappa shape index (κ2) is 7.32. The third-order valence-electron chi connectivity index (χ3n) is 5.01. The average Bonchev–Trinajstić information content (AvgIpc) is 3.23. The molecule has 0 unspecified atom stereocenters. The molecule has 6 nitrogen and oxygen atoms in total. The Balaban J connectivity index is 1.51. The maximum atomic E-state index is 12.3. The summed E-state index contributed by atoms with van der Waals surface area (Å²) in [6.07, 6.45) is 2.52. The maximum Gasteiger partial charge on any atom is 0.253 e. The van der Waals surface area contributed by atoms with Gasteiger partial charge in [0.1, 0.15) is 0 Å². The highest BCUT2D eigenvalue weighted by Gasteiger charge is 2.34. The zero-order chi connectivity index (χ0) is 17.1. The molecule has 1 heterocycles. The largest absolute Gasteiger partial charge is 0.391 e. The van der Waals surface area contributed by atoms with E-state index in [0.717, 1.165) is 31.5 Å². The number of carbonyl (C=O) groups is 2. The summed E-state index contributed by atoms with van der Waals surface area (Å²) >= 11 is 0. The van der Waals surface area contributed by atoms with Crippen molar-refractivity contribution in [3.8, 4) is 0 Å². The van der Waals surface area contributed by atoms with Crippen LogP contribution in [0, 0.1) is 5.92 Å². The minimum Gasteiger partial charge on any atom is -0.391 e. The number of hydrogen-bond acceptors (Lipinski definition) is 4. The first-order valence-electron chi connectivity index (χ1n) is 8.64. The van der Waals surface area contributed by atoms with Crippen molar-refractivity contribution in [3.63, 3.8) is 0 Å². The molecule has 1 aliphatic carbocycles. The lowest BCUT2D eigenvalue weighted by Crippen LogP contribution is -2.30. The molecule has 4 N–H and O–H groups in total. The molecule has 1 aromatic rings. The summed E-state index contributed by atoms with van der Waals surface area (Å²) in [4.78, 5) is 26.3. The summed E-state index contributed by atoms with van der Waals surface area (Å²) in [5.74, 6) is -0.206. The number of aliphatic hydroxyl groups excluding tert-OH is 1. The summed E-state index contributed by atoms with van der Waals surface area (Å²) in [6.45, 7) is 2.09. The van der Waals surface area contributed by atoms with E-state index in [2.05, 4.69) is 5.32 Å². The normalized spacial score (nSPS) is 26.6. The van der Waals surface area contributed by atoms with Crippen molar-refractivity contribution in [3.05, 3.63) is 35.4 Å². The predicted molar refractivity (Wildman–Crippen MR) is 90.1 cm³/mol. The second-order valence-electron chi connectivity index (χ2n) is 6.81. The van der Waals surface area contributed by atoms with E-state index in [4.69, 9.17) is 5.73 Å². The number of nitrogens with one attached hydrogen (secondary N) is 1. The van der Waals surface area contributed by atoms with Crippen LogP contribution in [0.4, 0.5) is 0 Å². The van der Waals surface area contributed by atoms with Gasteiger partial charge in [0, 0.05) is 37.2 Å². The minimum atomic E-state index is -0.586. The Morgan fingerprint density at radius 3 is 2.42 bits per heavy atom. The highest BCUT2D eigenvalue weighted by atomic mass is 16.3. The van der Waals surface area contributed by atoms with Crippen LogP contribution in [0.5, 0.6) is 0 Å². The van der Waals surface area contributed by atoms with Gasteiger partial charge in [-0.1, -0.05) is 12.1 Å². The van der Waals surface area contributed by atoms with Crippen molar-refractivity contribution in [2.75, 3.05) is 13.1 Å². The second-order valence-corrected chi connectivity index (χ2v) is 6.81. The summed E-state index contributed by atoms with van der Waals surface area (Å²) < 4.78 is 0. The van der Waals surface area contributed by atoms with Crippen molar-refractivity contribution in [1.82, 2.24) is 10.2 Å². The van der Waals surface area contributed by atoms with Gasteiger partial charge in [-0.2, -0.15) is 0 Å². The molecule has 3 atom stereocenters. The molecule has 6 heteroatoms. The third kappa shape index (κ3) is 3.76. The number of likely N-dealkylation sites (tertiary alicyclic amines) is 1. The van der Waals surface area contributed by atoms with Crippen LogP contribution in [0.25, 0.3) is 0 Å². The Kier molecular flexibility index (Phi) is 5.16. The predicted octanol–water partition coefficient (Wildman–Crippen LogP) is 0.637. The van der Waals surface area contributed by atoms with E-state index < -0.39 is 6.10 Å². The lowest BCUT2D eigenvalue weighted by atomic mass is 10.1. The lowest BCUT2D eigenvalue weighted by molar-refractivity contribution is -0.125. The first-order valence-corrected chi connectivity index (χ1v) is 8.64. The summed E-state index contributed by atoms with van der Waals surface area (Å²) in [5.41, 5.74) is 7.38. The number of benzene rings is 1. The van der Waals surface area contributed by atoms with Gasteiger partial charge >= 0.3 is 0 Å². The summed E-state index contributed by atoms with van der Waals surface area (Å²) in [5, 5.41) is 12.5. The minimum absolute atomic E-state index is 0.0702. The molecule has 1 aliphatic heterocycles. The molecule has 0 bridgehead atoms. The molecule has 130 valence electrons. The van der Waals surface area contributed by atoms with E-state index in [1.165, 1.54) is 0 Å². The number of rotatable bonds is 4. The molecule has 2 aliphatic rings. The molecule has 3 rings (SSSR count). The number of hydrogen-bond donors (Lipinski definition) is 3. The van der Waals surface area contributed by atoms with Gasteiger partial charge in [0.2, 0.25) is 5.91 Å². The number of nitrogens with zero attached hydrogens (tertiary/aromatic N) is 1. The SMILES string of the molecule is N[C@H]1C[C@H](C(=O)NCc2ccc(C(=O)N3CCCC3)cc2)C[C@@H]1O. The smallest absolute Gasteiger partial charge is 0.253 e. The quantitative estimate of drug-likeness (QED) is 0.754. The number of amides is 2. The van der Waals surface area contributed by atoms with Gasteiger partial charge < -0.3 is 21.1 Å². The number of nitrogens with two attached hydrogens (primary N) is 1. The molecular weight excluding hydrogens is 306 g/mol. The molecule has 1 saturated carbocycles. The van der Waals surface area contributed by atoms with E-state index in [0.29, 0.717) is 24.9 Å². The van der Waals surface area contributed by atoms with Crippen LogP contribution in [-0.4, -0.2) is 47.1 Å². The molecule has 24 heavy (non-hydrogen) atoms. The average molecular weight is 331 g/mol. The van der Waals surface area contributed by atoms with Gasteiger partial charge in [-0.15, -0.1) is 0 Å². The highest BCUT2D eigenvalue weighted by Crippen LogP contribution is 2.24. The van der Waals surface area contributed by atoms with E-state index in [1.54, 1.807) is 0 Å². The van der Waals surface area contributed by atoms with Crippen LogP contribution in [0.15, 0.2) is 24.3 Å². The van der Waals surface area contributed by atoms with Crippen LogP contribution < -0.4 is 11.1 Å². The molecule has 2 fully saturated rings. The molecule has 0 spiro atoms. The fourth-order valence-corrected chi connectivity index (χ4v) is 3.46.